The van der Waals surface area contributed by atoms with Crippen molar-refractivity contribution in [3.63, 3.8) is 0 Å². The molecule has 0 saturated heterocycles. The van der Waals surface area contributed by atoms with E-state index in [0.29, 0.717) is 4.77 Å². The summed E-state index contributed by atoms with van der Waals surface area (Å²) in [5.41, 5.74) is 1.74. The highest BCUT2D eigenvalue weighted by Crippen LogP contribution is 2.15. The zero-order chi connectivity index (χ0) is 13.8. The van der Waals surface area contributed by atoms with E-state index in [4.69, 9.17) is 12.2 Å². The van der Waals surface area contributed by atoms with Crippen LogP contribution in [0.4, 0.5) is 4.39 Å². The smallest absolute Gasteiger partial charge is 0.178 e. The first kappa shape index (κ1) is 14.2. The second-order valence-electron chi connectivity index (χ2n) is 4.68. The lowest BCUT2D eigenvalue weighted by molar-refractivity contribution is 0.277. The average Bonchev–Trinajstić information content (AvgIpc) is 2.69. The monoisotopic (exact) mass is 281 g/mol. The number of hydrogen-bond acceptors (Lipinski definition) is 2. The molecule has 1 heterocycles. The number of benzene rings is 1. The van der Waals surface area contributed by atoms with Gasteiger partial charge in [0.05, 0.1) is 11.0 Å². The van der Waals surface area contributed by atoms with E-state index in [1.165, 1.54) is 12.1 Å². The van der Waals surface area contributed by atoms with Crippen LogP contribution in [0.1, 0.15) is 20.3 Å². The van der Waals surface area contributed by atoms with Gasteiger partial charge in [-0.2, -0.15) is 0 Å². The number of nitrogens with one attached hydrogen (secondary N) is 1. The van der Waals surface area contributed by atoms with Crippen molar-refractivity contribution in [3.05, 3.63) is 28.8 Å². The number of halogens is 1. The summed E-state index contributed by atoms with van der Waals surface area (Å²) in [7, 11) is 0. The first-order valence-corrected chi connectivity index (χ1v) is 7.17. The average molecular weight is 281 g/mol. The fraction of sp³-hybridized carbons (Fsp3) is 0.500. The molecule has 0 atom stereocenters. The number of nitrogens with zero attached hydrogens (tertiary/aromatic N) is 2. The Balaban J connectivity index is 2.20. The first-order chi connectivity index (χ1) is 9.15. The Morgan fingerprint density at radius 1 is 1.32 bits per heavy atom. The van der Waals surface area contributed by atoms with Crippen LogP contribution < -0.4 is 0 Å². The van der Waals surface area contributed by atoms with Crippen molar-refractivity contribution in [2.45, 2.75) is 26.8 Å². The Labute approximate surface area is 118 Å². The molecule has 0 fully saturated rings. The predicted octanol–water partition coefficient (Wildman–Crippen LogP) is 3.57. The number of H-pyrrole nitrogens is 1. The number of imidazole rings is 1. The topological polar surface area (TPSA) is 24.0 Å². The fourth-order valence-electron chi connectivity index (χ4n) is 2.34. The molecule has 1 N–H and O–H groups in total. The molecule has 0 bridgehead atoms. The fourth-order valence-corrected chi connectivity index (χ4v) is 2.64. The summed E-state index contributed by atoms with van der Waals surface area (Å²) in [5.74, 6) is -0.239. The van der Waals surface area contributed by atoms with Crippen LogP contribution in [0.15, 0.2) is 18.2 Å². The number of likely N-dealkylation sites (N-methyl/N-ethyl adjacent to an activating group) is 1. The minimum atomic E-state index is -0.239. The third-order valence-electron chi connectivity index (χ3n) is 3.36. The largest absolute Gasteiger partial charge is 0.330 e. The van der Waals surface area contributed by atoms with E-state index in [1.807, 2.05) is 4.57 Å². The number of aromatic nitrogens is 2. The molecule has 0 aliphatic carbocycles. The maximum atomic E-state index is 13.2. The summed E-state index contributed by atoms with van der Waals surface area (Å²) >= 11 is 5.32. The molecule has 3 nitrogen and oxygen atoms in total. The predicted molar refractivity (Wildman–Crippen MR) is 79.5 cm³/mol. The van der Waals surface area contributed by atoms with Crippen LogP contribution >= 0.6 is 12.2 Å². The number of fused-ring (bicyclic) bond motifs is 1. The Bertz CT molecular complexity index is 602. The van der Waals surface area contributed by atoms with Gasteiger partial charge >= 0.3 is 0 Å². The van der Waals surface area contributed by atoms with Gasteiger partial charge < -0.3 is 14.5 Å². The summed E-state index contributed by atoms with van der Waals surface area (Å²) < 4.78 is 15.9. The summed E-state index contributed by atoms with van der Waals surface area (Å²) in [6.45, 7) is 8.28. The summed E-state index contributed by atoms with van der Waals surface area (Å²) in [6.07, 6.45) is 1.15. The van der Waals surface area contributed by atoms with Crippen molar-refractivity contribution in [3.8, 4) is 0 Å². The normalized spacial score (nSPS) is 11.6. The van der Waals surface area contributed by atoms with Gasteiger partial charge in [-0.15, -0.1) is 0 Å². The van der Waals surface area contributed by atoms with E-state index in [0.717, 1.165) is 43.6 Å². The zero-order valence-electron chi connectivity index (χ0n) is 11.4. The SMILES string of the molecule is CCCN(CC)CCn1c(=S)[nH]c2cc(F)ccc21. The highest BCUT2D eigenvalue weighted by molar-refractivity contribution is 7.71. The number of rotatable bonds is 6. The van der Waals surface area contributed by atoms with Crippen molar-refractivity contribution in [1.82, 2.24) is 14.5 Å². The van der Waals surface area contributed by atoms with Crippen molar-refractivity contribution < 1.29 is 4.39 Å². The Hall–Kier alpha value is -1.20. The number of aromatic amines is 1. The third-order valence-corrected chi connectivity index (χ3v) is 3.69. The molecule has 104 valence electrons. The minimum Gasteiger partial charge on any atom is -0.330 e. The lowest BCUT2D eigenvalue weighted by atomic mass is 10.3. The lowest BCUT2D eigenvalue weighted by Gasteiger charge is -2.19. The van der Waals surface area contributed by atoms with Gasteiger partial charge in [0.15, 0.2) is 4.77 Å². The van der Waals surface area contributed by atoms with E-state index < -0.39 is 0 Å². The van der Waals surface area contributed by atoms with Crippen LogP contribution in [0.25, 0.3) is 11.0 Å². The number of hydrogen-bond donors (Lipinski definition) is 1. The maximum absolute atomic E-state index is 13.2. The molecule has 1 aromatic heterocycles. The molecule has 0 saturated carbocycles. The Morgan fingerprint density at radius 2 is 2.11 bits per heavy atom. The minimum absolute atomic E-state index is 0.239. The molecule has 2 aromatic rings. The van der Waals surface area contributed by atoms with Gasteiger partial charge in [-0.25, -0.2) is 4.39 Å². The third kappa shape index (κ3) is 3.22. The van der Waals surface area contributed by atoms with Crippen molar-refractivity contribution >= 4 is 23.3 Å². The van der Waals surface area contributed by atoms with Crippen molar-refractivity contribution in [2.75, 3.05) is 19.6 Å². The second kappa shape index (κ2) is 6.30. The van der Waals surface area contributed by atoms with E-state index in [2.05, 4.69) is 23.7 Å². The molecule has 1 aromatic carbocycles. The second-order valence-corrected chi connectivity index (χ2v) is 5.06. The molecule has 0 radical (unpaired) electrons. The van der Waals surface area contributed by atoms with E-state index >= 15 is 0 Å². The Morgan fingerprint density at radius 3 is 2.79 bits per heavy atom. The first-order valence-electron chi connectivity index (χ1n) is 6.76. The summed E-state index contributed by atoms with van der Waals surface area (Å²) in [4.78, 5) is 5.45. The van der Waals surface area contributed by atoms with Crippen LogP contribution in [0.2, 0.25) is 0 Å². The van der Waals surface area contributed by atoms with Crippen molar-refractivity contribution in [1.29, 1.82) is 0 Å². The summed E-state index contributed by atoms with van der Waals surface area (Å²) in [6, 6.07) is 4.75. The highest BCUT2D eigenvalue weighted by atomic mass is 32.1. The van der Waals surface area contributed by atoms with Gasteiger partial charge in [0.1, 0.15) is 5.82 Å². The van der Waals surface area contributed by atoms with Crippen LogP contribution in [0.5, 0.6) is 0 Å². The highest BCUT2D eigenvalue weighted by Gasteiger charge is 2.07. The van der Waals surface area contributed by atoms with Gasteiger partial charge in [0.2, 0.25) is 0 Å². The molecule has 0 unspecified atom stereocenters. The van der Waals surface area contributed by atoms with Gasteiger partial charge in [0.25, 0.3) is 0 Å². The van der Waals surface area contributed by atoms with Crippen LogP contribution in [-0.2, 0) is 6.54 Å². The quantitative estimate of drug-likeness (QED) is 0.818. The van der Waals surface area contributed by atoms with E-state index in [-0.39, 0.29) is 5.82 Å². The van der Waals surface area contributed by atoms with Gasteiger partial charge in [-0.05, 0) is 49.9 Å². The van der Waals surface area contributed by atoms with Crippen LogP contribution in [0, 0.1) is 10.6 Å². The van der Waals surface area contributed by atoms with Crippen LogP contribution in [0.3, 0.4) is 0 Å². The summed E-state index contributed by atoms with van der Waals surface area (Å²) in [5, 5.41) is 0. The van der Waals surface area contributed by atoms with Crippen molar-refractivity contribution in [2.24, 2.45) is 0 Å². The molecule has 0 aliphatic heterocycles. The molecule has 2 rings (SSSR count). The molecule has 0 amide bonds. The van der Waals surface area contributed by atoms with E-state index in [1.54, 1.807) is 6.07 Å². The van der Waals surface area contributed by atoms with Gasteiger partial charge in [-0.3, -0.25) is 0 Å². The standard InChI is InChI=1S/C14H20FN3S/c1-3-7-17(4-2)8-9-18-13-6-5-11(15)10-12(13)16-14(18)19/h5-6,10H,3-4,7-9H2,1-2H3,(H,16,19). The lowest BCUT2D eigenvalue weighted by Crippen LogP contribution is -2.28. The van der Waals surface area contributed by atoms with E-state index in [9.17, 15) is 4.39 Å². The zero-order valence-corrected chi connectivity index (χ0v) is 12.3. The molecular weight excluding hydrogens is 261 g/mol. The Kier molecular flexibility index (Phi) is 4.71. The van der Waals surface area contributed by atoms with Gasteiger partial charge in [-0.1, -0.05) is 13.8 Å². The van der Waals surface area contributed by atoms with Crippen LogP contribution in [-0.4, -0.2) is 34.1 Å². The van der Waals surface area contributed by atoms with Gasteiger partial charge in [0, 0.05) is 13.1 Å². The maximum Gasteiger partial charge on any atom is 0.178 e. The molecular formula is C14H20FN3S. The molecule has 19 heavy (non-hydrogen) atoms. The molecule has 0 aliphatic rings. The molecule has 0 spiro atoms. The molecule has 5 heteroatoms.